The number of nitrogens with zero attached hydrogens (tertiary/aromatic N) is 2. The number of rotatable bonds is 1. The summed E-state index contributed by atoms with van der Waals surface area (Å²) in [6.45, 7) is 1.79. The zero-order valence-corrected chi connectivity index (χ0v) is 9.56. The van der Waals surface area contributed by atoms with Crippen LogP contribution in [0.5, 0.6) is 0 Å². The lowest BCUT2D eigenvalue weighted by atomic mass is 10.1. The maximum absolute atomic E-state index is 5.96. The van der Waals surface area contributed by atoms with Crippen LogP contribution < -0.4 is 5.73 Å². The van der Waals surface area contributed by atoms with Gasteiger partial charge in [0.1, 0.15) is 11.9 Å². The summed E-state index contributed by atoms with van der Waals surface area (Å²) < 4.78 is 7.97. The van der Waals surface area contributed by atoms with Crippen molar-refractivity contribution < 1.29 is 4.74 Å². The Kier molecular flexibility index (Phi) is 2.69. The highest BCUT2D eigenvalue weighted by molar-refractivity contribution is 5.10. The van der Waals surface area contributed by atoms with Crippen LogP contribution in [0.15, 0.2) is 6.20 Å². The van der Waals surface area contributed by atoms with Crippen LogP contribution in [0.3, 0.4) is 0 Å². The molecule has 0 bridgehead atoms. The SMILES string of the molecule is NC1CCc2nc(C3CCCCO3)cn2C1. The van der Waals surface area contributed by atoms with Crippen molar-refractivity contribution >= 4 is 0 Å². The first-order chi connectivity index (χ1) is 7.83. The molecular weight excluding hydrogens is 202 g/mol. The lowest BCUT2D eigenvalue weighted by molar-refractivity contribution is 0.0124. The number of hydrogen-bond donors (Lipinski definition) is 1. The first-order valence-corrected chi connectivity index (χ1v) is 6.26. The third-order valence-corrected chi connectivity index (χ3v) is 3.56. The van der Waals surface area contributed by atoms with Gasteiger partial charge in [0.2, 0.25) is 0 Å². The lowest BCUT2D eigenvalue weighted by Gasteiger charge is -2.20. The van der Waals surface area contributed by atoms with E-state index in [9.17, 15) is 0 Å². The van der Waals surface area contributed by atoms with Gasteiger partial charge in [-0.15, -0.1) is 0 Å². The van der Waals surface area contributed by atoms with Crippen LogP contribution in [0.2, 0.25) is 0 Å². The van der Waals surface area contributed by atoms with Crippen molar-refractivity contribution in [3.8, 4) is 0 Å². The van der Waals surface area contributed by atoms with E-state index < -0.39 is 0 Å². The van der Waals surface area contributed by atoms with Gasteiger partial charge in [-0.2, -0.15) is 0 Å². The molecule has 88 valence electrons. The minimum atomic E-state index is 0.225. The molecule has 4 heteroatoms. The van der Waals surface area contributed by atoms with Gasteiger partial charge >= 0.3 is 0 Å². The summed E-state index contributed by atoms with van der Waals surface area (Å²) in [6, 6.07) is 0.293. The van der Waals surface area contributed by atoms with E-state index in [1.165, 1.54) is 18.7 Å². The maximum atomic E-state index is 5.96. The number of aryl methyl sites for hydroxylation is 1. The molecule has 0 amide bonds. The fraction of sp³-hybridized carbons (Fsp3) is 0.750. The van der Waals surface area contributed by atoms with Crippen molar-refractivity contribution in [3.05, 3.63) is 17.7 Å². The van der Waals surface area contributed by atoms with E-state index in [1.54, 1.807) is 0 Å². The van der Waals surface area contributed by atoms with Crippen LogP contribution in [0.25, 0.3) is 0 Å². The third-order valence-electron chi connectivity index (χ3n) is 3.56. The molecule has 1 aromatic heterocycles. The Hall–Kier alpha value is -0.870. The van der Waals surface area contributed by atoms with Crippen LogP contribution in [0.1, 0.15) is 43.3 Å². The fourth-order valence-corrected chi connectivity index (χ4v) is 2.62. The van der Waals surface area contributed by atoms with Gasteiger partial charge in [0.25, 0.3) is 0 Å². The number of hydrogen-bond acceptors (Lipinski definition) is 3. The molecule has 1 saturated heterocycles. The van der Waals surface area contributed by atoms with Gasteiger partial charge in [-0.3, -0.25) is 0 Å². The van der Waals surface area contributed by atoms with Gasteiger partial charge in [0.15, 0.2) is 0 Å². The highest BCUT2D eigenvalue weighted by Gasteiger charge is 2.23. The Bertz CT molecular complexity index is 368. The minimum Gasteiger partial charge on any atom is -0.372 e. The Morgan fingerprint density at radius 2 is 2.31 bits per heavy atom. The Labute approximate surface area is 95.8 Å². The molecule has 0 aliphatic carbocycles. The second kappa shape index (κ2) is 4.18. The summed E-state index contributed by atoms with van der Waals surface area (Å²) in [5.41, 5.74) is 7.07. The van der Waals surface area contributed by atoms with E-state index in [4.69, 9.17) is 15.5 Å². The molecule has 0 aromatic carbocycles. The monoisotopic (exact) mass is 221 g/mol. The van der Waals surface area contributed by atoms with Gasteiger partial charge in [-0.1, -0.05) is 0 Å². The number of aromatic nitrogens is 2. The number of ether oxygens (including phenoxy) is 1. The third kappa shape index (κ3) is 1.87. The predicted molar refractivity (Wildman–Crippen MR) is 61.1 cm³/mol. The molecule has 2 aliphatic rings. The molecule has 1 fully saturated rings. The molecule has 0 saturated carbocycles. The Morgan fingerprint density at radius 3 is 3.12 bits per heavy atom. The highest BCUT2D eigenvalue weighted by atomic mass is 16.5. The summed E-state index contributed by atoms with van der Waals surface area (Å²) in [5.74, 6) is 1.19. The van der Waals surface area contributed by atoms with Crippen LogP contribution in [0.4, 0.5) is 0 Å². The average Bonchev–Trinajstić information content (AvgIpc) is 2.73. The number of nitrogens with two attached hydrogens (primary N) is 1. The normalized spacial score (nSPS) is 30.1. The standard InChI is InChI=1S/C12H19N3O/c13-9-4-5-12-14-10(8-15(12)7-9)11-3-1-2-6-16-11/h8-9,11H,1-7,13H2. The van der Waals surface area contributed by atoms with E-state index in [0.29, 0.717) is 6.04 Å². The van der Waals surface area contributed by atoms with E-state index in [1.807, 2.05) is 0 Å². The molecule has 2 atom stereocenters. The number of imidazole rings is 1. The van der Waals surface area contributed by atoms with Crippen molar-refractivity contribution in [1.82, 2.24) is 9.55 Å². The molecule has 4 nitrogen and oxygen atoms in total. The quantitative estimate of drug-likeness (QED) is 0.780. The van der Waals surface area contributed by atoms with Crippen LogP contribution in [0, 0.1) is 0 Å². The van der Waals surface area contributed by atoms with E-state index >= 15 is 0 Å². The van der Waals surface area contributed by atoms with Crippen LogP contribution in [-0.4, -0.2) is 22.2 Å². The van der Waals surface area contributed by atoms with Crippen molar-refractivity contribution in [2.75, 3.05) is 6.61 Å². The van der Waals surface area contributed by atoms with Crippen molar-refractivity contribution in [1.29, 1.82) is 0 Å². The van der Waals surface area contributed by atoms with Gasteiger partial charge in [-0.05, 0) is 25.7 Å². The molecule has 2 aliphatic heterocycles. The zero-order valence-electron chi connectivity index (χ0n) is 9.56. The molecule has 2 N–H and O–H groups in total. The Balaban J connectivity index is 1.80. The first kappa shape index (κ1) is 10.3. The Morgan fingerprint density at radius 1 is 1.38 bits per heavy atom. The second-order valence-electron chi connectivity index (χ2n) is 4.89. The first-order valence-electron chi connectivity index (χ1n) is 6.26. The average molecular weight is 221 g/mol. The molecule has 16 heavy (non-hydrogen) atoms. The summed E-state index contributed by atoms with van der Waals surface area (Å²) in [7, 11) is 0. The zero-order chi connectivity index (χ0) is 11.0. The van der Waals surface area contributed by atoms with Crippen LogP contribution >= 0.6 is 0 Å². The molecule has 2 unspecified atom stereocenters. The van der Waals surface area contributed by atoms with Gasteiger partial charge in [0.05, 0.1) is 5.69 Å². The van der Waals surface area contributed by atoms with Gasteiger partial charge in [-0.25, -0.2) is 4.98 Å². The summed E-state index contributed by atoms with van der Waals surface area (Å²) in [5, 5.41) is 0. The molecule has 0 spiro atoms. The molecule has 3 rings (SSSR count). The van der Waals surface area contributed by atoms with Crippen molar-refractivity contribution in [2.45, 2.75) is 50.8 Å². The topological polar surface area (TPSA) is 53.1 Å². The number of fused-ring (bicyclic) bond motifs is 1. The van der Waals surface area contributed by atoms with Crippen LogP contribution in [-0.2, 0) is 17.7 Å². The maximum Gasteiger partial charge on any atom is 0.109 e. The van der Waals surface area contributed by atoms with Gasteiger partial charge < -0.3 is 15.0 Å². The fourth-order valence-electron chi connectivity index (χ4n) is 2.62. The van der Waals surface area contributed by atoms with Gasteiger partial charge in [0, 0.05) is 31.8 Å². The summed E-state index contributed by atoms with van der Waals surface area (Å²) in [4.78, 5) is 4.69. The van der Waals surface area contributed by atoms with E-state index in [-0.39, 0.29) is 6.10 Å². The smallest absolute Gasteiger partial charge is 0.109 e. The lowest BCUT2D eigenvalue weighted by Crippen LogP contribution is -2.31. The molecule has 1 aromatic rings. The highest BCUT2D eigenvalue weighted by Crippen LogP contribution is 2.28. The van der Waals surface area contributed by atoms with Crippen molar-refractivity contribution in [3.63, 3.8) is 0 Å². The van der Waals surface area contributed by atoms with E-state index in [0.717, 1.165) is 38.1 Å². The predicted octanol–water partition coefficient (Wildman–Crippen LogP) is 1.40. The molecular formula is C12H19N3O. The second-order valence-corrected chi connectivity index (χ2v) is 4.89. The summed E-state index contributed by atoms with van der Waals surface area (Å²) in [6.07, 6.45) is 7.99. The molecule has 3 heterocycles. The largest absolute Gasteiger partial charge is 0.372 e. The summed E-state index contributed by atoms with van der Waals surface area (Å²) >= 11 is 0. The molecule has 0 radical (unpaired) electrons. The van der Waals surface area contributed by atoms with Crippen molar-refractivity contribution in [2.24, 2.45) is 5.73 Å². The van der Waals surface area contributed by atoms with E-state index in [2.05, 4.69) is 10.8 Å². The minimum absolute atomic E-state index is 0.225.